The Bertz CT molecular complexity index is 467. The Morgan fingerprint density at radius 2 is 2.00 bits per heavy atom. The molecule has 0 aromatic heterocycles. The predicted octanol–water partition coefficient (Wildman–Crippen LogP) is 1.88. The molecule has 1 heterocycles. The molecule has 0 radical (unpaired) electrons. The fourth-order valence-electron chi connectivity index (χ4n) is 3.03. The maximum Gasteiger partial charge on any atom is 0.253 e. The Morgan fingerprint density at radius 1 is 1.29 bits per heavy atom. The molecule has 1 aliphatic rings. The summed E-state index contributed by atoms with van der Waals surface area (Å²) < 4.78 is 0. The third-order valence-electron chi connectivity index (χ3n) is 4.28. The van der Waals surface area contributed by atoms with Crippen LogP contribution >= 0.6 is 0 Å². The normalized spacial score (nSPS) is 17.8. The van der Waals surface area contributed by atoms with Crippen LogP contribution in [0.15, 0.2) is 24.3 Å². The van der Waals surface area contributed by atoms with Crippen LogP contribution in [0.5, 0.6) is 0 Å². The molecule has 0 spiro atoms. The highest BCUT2D eigenvalue weighted by Gasteiger charge is 2.25. The van der Waals surface area contributed by atoms with Crippen molar-refractivity contribution >= 4 is 5.91 Å². The van der Waals surface area contributed by atoms with Gasteiger partial charge in [0, 0.05) is 44.3 Å². The van der Waals surface area contributed by atoms with Gasteiger partial charge in [0.1, 0.15) is 0 Å². The van der Waals surface area contributed by atoms with Crippen molar-refractivity contribution in [1.82, 2.24) is 9.80 Å². The van der Waals surface area contributed by atoms with E-state index in [-0.39, 0.29) is 5.91 Å². The number of hydrogen-bond acceptors (Lipinski definition) is 3. The number of nitrogens with two attached hydrogens (primary N) is 1. The topological polar surface area (TPSA) is 49.6 Å². The number of hydrogen-bond donors (Lipinski definition) is 1. The summed E-state index contributed by atoms with van der Waals surface area (Å²) in [4.78, 5) is 16.9. The van der Waals surface area contributed by atoms with Gasteiger partial charge in [-0.2, -0.15) is 0 Å². The van der Waals surface area contributed by atoms with Crippen LogP contribution in [-0.4, -0.2) is 54.5 Å². The van der Waals surface area contributed by atoms with Gasteiger partial charge in [0.25, 0.3) is 5.91 Å². The summed E-state index contributed by atoms with van der Waals surface area (Å²) in [7, 11) is 0. The Balaban J connectivity index is 1.93. The molecule has 0 aliphatic carbocycles. The molecule has 4 nitrogen and oxygen atoms in total. The molecular weight excluding hydrogens is 262 g/mol. The Labute approximate surface area is 127 Å². The van der Waals surface area contributed by atoms with Crippen LogP contribution in [-0.2, 0) is 0 Å². The summed E-state index contributed by atoms with van der Waals surface area (Å²) >= 11 is 0. The number of piperazine rings is 1. The molecule has 1 saturated heterocycles. The Morgan fingerprint density at radius 3 is 2.57 bits per heavy atom. The van der Waals surface area contributed by atoms with E-state index in [1.54, 1.807) is 0 Å². The zero-order valence-corrected chi connectivity index (χ0v) is 13.2. The number of rotatable bonds is 5. The van der Waals surface area contributed by atoms with Crippen molar-refractivity contribution < 1.29 is 4.79 Å². The third kappa shape index (κ3) is 4.05. The second-order valence-corrected chi connectivity index (χ2v) is 5.88. The summed E-state index contributed by atoms with van der Waals surface area (Å²) in [6, 6.07) is 8.30. The molecule has 4 heteroatoms. The van der Waals surface area contributed by atoms with Crippen LogP contribution in [0.4, 0.5) is 0 Å². The molecule has 1 aromatic carbocycles. The van der Waals surface area contributed by atoms with Crippen molar-refractivity contribution in [2.75, 3.05) is 32.7 Å². The minimum absolute atomic E-state index is 0.151. The standard InChI is InChI=1S/C17H27N3O/c1-3-5-16(13-18)19-8-10-20(11-9-19)17(21)15-7-4-6-14(2)12-15/h4,6-7,12,16H,3,5,8-11,13,18H2,1-2H3. The maximum absolute atomic E-state index is 12.5. The fraction of sp³-hybridized carbons (Fsp3) is 0.588. The van der Waals surface area contributed by atoms with Crippen LogP contribution < -0.4 is 5.73 Å². The summed E-state index contributed by atoms with van der Waals surface area (Å²) in [5.41, 5.74) is 7.80. The quantitative estimate of drug-likeness (QED) is 0.900. The second kappa shape index (κ2) is 7.57. The molecule has 2 N–H and O–H groups in total. The van der Waals surface area contributed by atoms with E-state index >= 15 is 0 Å². The molecule has 1 fully saturated rings. The van der Waals surface area contributed by atoms with E-state index in [1.807, 2.05) is 36.1 Å². The molecule has 0 bridgehead atoms. The van der Waals surface area contributed by atoms with E-state index in [0.717, 1.165) is 50.1 Å². The van der Waals surface area contributed by atoms with Gasteiger partial charge >= 0.3 is 0 Å². The van der Waals surface area contributed by atoms with E-state index < -0.39 is 0 Å². The van der Waals surface area contributed by atoms with Crippen molar-refractivity contribution in [3.63, 3.8) is 0 Å². The van der Waals surface area contributed by atoms with Crippen LogP contribution in [0, 0.1) is 6.92 Å². The highest BCUT2D eigenvalue weighted by atomic mass is 16.2. The average molecular weight is 289 g/mol. The lowest BCUT2D eigenvalue weighted by Crippen LogP contribution is -2.53. The van der Waals surface area contributed by atoms with Gasteiger partial charge in [0.05, 0.1) is 0 Å². The van der Waals surface area contributed by atoms with Crippen LogP contribution in [0.1, 0.15) is 35.7 Å². The van der Waals surface area contributed by atoms with Crippen molar-refractivity contribution in [3.05, 3.63) is 35.4 Å². The zero-order valence-electron chi connectivity index (χ0n) is 13.2. The van der Waals surface area contributed by atoms with Crippen molar-refractivity contribution in [3.8, 4) is 0 Å². The summed E-state index contributed by atoms with van der Waals surface area (Å²) in [6.07, 6.45) is 2.30. The van der Waals surface area contributed by atoms with Gasteiger partial charge in [-0.15, -0.1) is 0 Å². The first-order valence-electron chi connectivity index (χ1n) is 7.95. The van der Waals surface area contributed by atoms with Crippen LogP contribution in [0.2, 0.25) is 0 Å². The van der Waals surface area contributed by atoms with Gasteiger partial charge in [-0.05, 0) is 25.5 Å². The molecule has 116 valence electrons. The minimum Gasteiger partial charge on any atom is -0.336 e. The van der Waals surface area contributed by atoms with Gasteiger partial charge in [0.2, 0.25) is 0 Å². The number of aryl methyl sites for hydroxylation is 1. The van der Waals surface area contributed by atoms with E-state index in [0.29, 0.717) is 12.6 Å². The van der Waals surface area contributed by atoms with Gasteiger partial charge in [-0.25, -0.2) is 0 Å². The third-order valence-corrected chi connectivity index (χ3v) is 4.28. The molecule has 1 atom stereocenters. The van der Waals surface area contributed by atoms with E-state index in [9.17, 15) is 4.79 Å². The van der Waals surface area contributed by atoms with Gasteiger partial charge < -0.3 is 10.6 Å². The van der Waals surface area contributed by atoms with E-state index in [1.165, 1.54) is 0 Å². The summed E-state index contributed by atoms with van der Waals surface area (Å²) in [5.74, 6) is 0.151. The van der Waals surface area contributed by atoms with Crippen LogP contribution in [0.25, 0.3) is 0 Å². The van der Waals surface area contributed by atoms with E-state index in [4.69, 9.17) is 5.73 Å². The van der Waals surface area contributed by atoms with Crippen LogP contribution in [0.3, 0.4) is 0 Å². The molecular formula is C17H27N3O. The minimum atomic E-state index is 0.151. The average Bonchev–Trinajstić information content (AvgIpc) is 2.52. The smallest absolute Gasteiger partial charge is 0.253 e. The summed E-state index contributed by atoms with van der Waals surface area (Å²) in [5, 5.41) is 0. The first-order valence-corrected chi connectivity index (χ1v) is 7.95. The number of carbonyl (C=O) groups excluding carboxylic acids is 1. The maximum atomic E-state index is 12.5. The van der Waals surface area contributed by atoms with Gasteiger partial charge in [0.15, 0.2) is 0 Å². The van der Waals surface area contributed by atoms with Gasteiger partial charge in [-0.3, -0.25) is 9.69 Å². The SMILES string of the molecule is CCCC(CN)N1CCN(C(=O)c2cccc(C)c2)CC1. The van der Waals surface area contributed by atoms with Crippen molar-refractivity contribution in [2.24, 2.45) is 5.73 Å². The number of amides is 1. The molecule has 1 aliphatic heterocycles. The lowest BCUT2D eigenvalue weighted by Gasteiger charge is -2.39. The van der Waals surface area contributed by atoms with Crippen molar-refractivity contribution in [2.45, 2.75) is 32.7 Å². The highest BCUT2D eigenvalue weighted by Crippen LogP contribution is 2.13. The first-order chi connectivity index (χ1) is 10.2. The lowest BCUT2D eigenvalue weighted by molar-refractivity contribution is 0.0566. The molecule has 0 saturated carbocycles. The Hall–Kier alpha value is -1.39. The number of nitrogens with zero attached hydrogens (tertiary/aromatic N) is 2. The molecule has 1 unspecified atom stereocenters. The fourth-order valence-corrected chi connectivity index (χ4v) is 3.03. The monoisotopic (exact) mass is 289 g/mol. The zero-order chi connectivity index (χ0) is 15.2. The number of carbonyl (C=O) groups is 1. The van der Waals surface area contributed by atoms with Gasteiger partial charge in [-0.1, -0.05) is 31.0 Å². The Kier molecular flexibility index (Phi) is 5.76. The highest BCUT2D eigenvalue weighted by molar-refractivity contribution is 5.94. The summed E-state index contributed by atoms with van der Waals surface area (Å²) in [6.45, 7) is 8.38. The largest absolute Gasteiger partial charge is 0.336 e. The molecule has 21 heavy (non-hydrogen) atoms. The van der Waals surface area contributed by atoms with E-state index in [2.05, 4.69) is 11.8 Å². The molecule has 1 aromatic rings. The molecule has 2 rings (SSSR count). The number of benzene rings is 1. The second-order valence-electron chi connectivity index (χ2n) is 5.88. The first kappa shape index (κ1) is 16.0. The van der Waals surface area contributed by atoms with Crippen molar-refractivity contribution in [1.29, 1.82) is 0 Å². The molecule has 1 amide bonds. The lowest BCUT2D eigenvalue weighted by atomic mass is 10.1. The predicted molar refractivity (Wildman–Crippen MR) is 86.4 cm³/mol.